The van der Waals surface area contributed by atoms with Gasteiger partial charge in [-0.25, -0.2) is 4.98 Å². The number of piperidine rings is 2. The van der Waals surface area contributed by atoms with Gasteiger partial charge < -0.3 is 19.5 Å². The van der Waals surface area contributed by atoms with Crippen LogP contribution in [-0.4, -0.2) is 42.6 Å². The van der Waals surface area contributed by atoms with Crippen LogP contribution < -0.4 is 15.1 Å². The van der Waals surface area contributed by atoms with E-state index in [9.17, 15) is 18.0 Å². The van der Waals surface area contributed by atoms with Gasteiger partial charge in [0.25, 0.3) is 6.01 Å². The summed E-state index contributed by atoms with van der Waals surface area (Å²) in [6, 6.07) is 24.7. The van der Waals surface area contributed by atoms with Crippen molar-refractivity contribution in [3.8, 4) is 0 Å². The second kappa shape index (κ2) is 22.8. The molecule has 6 rings (SSSR count). The standard InChI is InChI=1S/C17H19N3O.C16H17F3N2O.C8H12.C3H8/c21-13-19-16-6-7-17(18-12-16)20-10-8-15(9-11-20)14-4-2-1-3-5-14;1-11-14(16(17,18)19)20-15(22-11)21-9-5-8-13(10-21)12-6-3-2-4-7-12;1-4-5-6-7-8(2)3;1-3-2/h1-7,12-13,15H,8-11H2,(H,19,21);2-4,6-7,13H,5,8-10H2,1H3;4-7H,1H2,2-3H3;3H2,1-2H3/b;;6-5-;. The molecule has 0 bridgehead atoms. The van der Waals surface area contributed by atoms with Crippen LogP contribution >= 0.6 is 0 Å². The summed E-state index contributed by atoms with van der Waals surface area (Å²) in [6.45, 7) is 16.6. The number of nitrogens with one attached hydrogen (secondary N) is 1. The molecule has 0 saturated carbocycles. The first-order chi connectivity index (χ1) is 26.0. The number of aryl methyl sites for hydroxylation is 1. The summed E-state index contributed by atoms with van der Waals surface area (Å²) in [5.41, 5.74) is 3.75. The SMILES string of the molecule is C=C/C=C\C=C(C)C.CCC.Cc1oc(N2CCCC(c3ccccc3)C2)nc1C(F)(F)F.O=CNc1ccc(N2CCC(c3ccccc3)CC2)nc1. The number of pyridine rings is 1. The third-order valence-corrected chi connectivity index (χ3v) is 8.76. The highest BCUT2D eigenvalue weighted by Crippen LogP contribution is 2.36. The molecule has 290 valence electrons. The van der Waals surface area contributed by atoms with Crippen molar-refractivity contribution in [2.75, 3.05) is 41.3 Å². The normalized spacial score (nSPS) is 15.7. The summed E-state index contributed by atoms with van der Waals surface area (Å²) >= 11 is 0. The maximum absolute atomic E-state index is 12.8. The van der Waals surface area contributed by atoms with Crippen LogP contribution in [0.25, 0.3) is 0 Å². The Hall–Kier alpha value is -5.12. The van der Waals surface area contributed by atoms with Crippen molar-refractivity contribution in [3.05, 3.63) is 138 Å². The number of alkyl halides is 3. The minimum absolute atomic E-state index is 0.0745. The average Bonchev–Trinajstić information content (AvgIpc) is 3.59. The Labute approximate surface area is 319 Å². The lowest BCUT2D eigenvalue weighted by molar-refractivity contribution is -0.141. The fraction of sp³-hybridized carbons (Fsp3) is 0.386. The highest BCUT2D eigenvalue weighted by Gasteiger charge is 2.38. The zero-order chi connectivity index (χ0) is 39.3. The molecule has 0 aliphatic carbocycles. The summed E-state index contributed by atoms with van der Waals surface area (Å²) in [5.74, 6) is 1.75. The first-order valence-electron chi connectivity index (χ1n) is 18.7. The number of rotatable bonds is 8. The van der Waals surface area contributed by atoms with E-state index in [1.54, 1.807) is 12.3 Å². The van der Waals surface area contributed by atoms with Crippen molar-refractivity contribution in [1.29, 1.82) is 0 Å². The Kier molecular flexibility index (Phi) is 18.3. The van der Waals surface area contributed by atoms with Crippen LogP contribution in [0.3, 0.4) is 0 Å². The third kappa shape index (κ3) is 14.4. The van der Waals surface area contributed by atoms with E-state index in [4.69, 9.17) is 4.42 Å². The summed E-state index contributed by atoms with van der Waals surface area (Å²) < 4.78 is 43.7. The molecule has 4 aromatic rings. The molecule has 2 aliphatic heterocycles. The highest BCUT2D eigenvalue weighted by molar-refractivity contribution is 5.71. The number of amides is 1. The van der Waals surface area contributed by atoms with E-state index >= 15 is 0 Å². The van der Waals surface area contributed by atoms with Gasteiger partial charge in [0.2, 0.25) is 6.41 Å². The second-order valence-electron chi connectivity index (χ2n) is 13.5. The first-order valence-corrected chi connectivity index (χ1v) is 18.7. The van der Waals surface area contributed by atoms with E-state index in [0.29, 0.717) is 25.4 Å². The number of halogens is 3. The Balaban J connectivity index is 0.000000229. The lowest BCUT2D eigenvalue weighted by Crippen LogP contribution is -2.34. The van der Waals surface area contributed by atoms with Crippen LogP contribution in [0.1, 0.15) is 94.2 Å². The number of aromatic nitrogens is 2. The maximum Gasteiger partial charge on any atom is 0.436 e. The number of oxazole rings is 1. The predicted molar refractivity (Wildman–Crippen MR) is 216 cm³/mol. The Morgan fingerprint density at radius 1 is 0.889 bits per heavy atom. The van der Waals surface area contributed by atoms with Crippen molar-refractivity contribution in [3.63, 3.8) is 0 Å². The summed E-state index contributed by atoms with van der Waals surface area (Å²) in [7, 11) is 0. The number of anilines is 3. The van der Waals surface area contributed by atoms with Crippen molar-refractivity contribution < 1.29 is 22.4 Å². The third-order valence-electron chi connectivity index (χ3n) is 8.76. The van der Waals surface area contributed by atoms with E-state index in [2.05, 4.69) is 96.9 Å². The first kappa shape index (κ1) is 43.3. The molecule has 2 aromatic heterocycles. The molecule has 1 N–H and O–H groups in total. The van der Waals surface area contributed by atoms with Gasteiger partial charge in [-0.2, -0.15) is 18.2 Å². The Morgan fingerprint density at radius 3 is 2.00 bits per heavy atom. The number of allylic oxidation sites excluding steroid dienone is 5. The molecule has 1 amide bonds. The van der Waals surface area contributed by atoms with Crippen LogP contribution in [0, 0.1) is 6.92 Å². The fourth-order valence-electron chi connectivity index (χ4n) is 6.15. The molecule has 0 spiro atoms. The van der Waals surface area contributed by atoms with E-state index in [-0.39, 0.29) is 17.7 Å². The van der Waals surface area contributed by atoms with Gasteiger partial charge in [-0.1, -0.05) is 117 Å². The zero-order valence-corrected chi connectivity index (χ0v) is 32.4. The molecule has 1 atom stereocenters. The molecule has 0 radical (unpaired) electrons. The van der Waals surface area contributed by atoms with Crippen LogP contribution in [0.4, 0.5) is 30.7 Å². The number of hydrogen-bond acceptors (Lipinski definition) is 6. The zero-order valence-electron chi connectivity index (χ0n) is 32.4. The number of carbonyl (C=O) groups is 1. The van der Waals surface area contributed by atoms with Crippen LogP contribution in [0.15, 0.2) is 120 Å². The van der Waals surface area contributed by atoms with Gasteiger partial charge in [0.1, 0.15) is 11.6 Å². The topological polar surface area (TPSA) is 74.5 Å². The molecule has 7 nitrogen and oxygen atoms in total. The smallest absolute Gasteiger partial charge is 0.428 e. The number of benzene rings is 2. The minimum atomic E-state index is -4.47. The van der Waals surface area contributed by atoms with Gasteiger partial charge in [-0.15, -0.1) is 0 Å². The van der Waals surface area contributed by atoms with Crippen molar-refractivity contribution >= 4 is 23.9 Å². The van der Waals surface area contributed by atoms with E-state index in [1.165, 1.54) is 30.0 Å². The molecule has 1 unspecified atom stereocenters. The van der Waals surface area contributed by atoms with Crippen molar-refractivity contribution in [2.45, 2.75) is 84.7 Å². The Bertz CT molecular complexity index is 1710. The van der Waals surface area contributed by atoms with Crippen LogP contribution in [0.5, 0.6) is 0 Å². The quantitative estimate of drug-likeness (QED) is 0.143. The van der Waals surface area contributed by atoms with Gasteiger partial charge in [-0.3, -0.25) is 4.79 Å². The monoisotopic (exact) mass is 743 g/mol. The number of carbonyl (C=O) groups excluding carboxylic acids is 1. The molecular formula is C44H56F3N5O2. The molecule has 2 fully saturated rings. The van der Waals surface area contributed by atoms with Gasteiger partial charge in [0.15, 0.2) is 5.69 Å². The molecular weight excluding hydrogens is 688 g/mol. The summed E-state index contributed by atoms with van der Waals surface area (Å²) in [5, 5.41) is 2.60. The van der Waals surface area contributed by atoms with E-state index in [0.717, 1.165) is 50.3 Å². The van der Waals surface area contributed by atoms with Gasteiger partial charge >= 0.3 is 6.18 Å². The highest BCUT2D eigenvalue weighted by atomic mass is 19.4. The minimum Gasteiger partial charge on any atom is -0.428 e. The molecule has 2 saturated heterocycles. The van der Waals surface area contributed by atoms with Gasteiger partial charge in [0.05, 0.1) is 11.9 Å². The number of hydrogen-bond donors (Lipinski definition) is 1. The Morgan fingerprint density at radius 2 is 1.50 bits per heavy atom. The summed E-state index contributed by atoms with van der Waals surface area (Å²) in [4.78, 5) is 22.6. The lowest BCUT2D eigenvalue weighted by atomic mass is 9.89. The van der Waals surface area contributed by atoms with E-state index in [1.807, 2.05) is 53.5 Å². The maximum atomic E-state index is 12.8. The average molecular weight is 744 g/mol. The van der Waals surface area contributed by atoms with E-state index < -0.39 is 11.9 Å². The van der Waals surface area contributed by atoms with Crippen molar-refractivity contribution in [1.82, 2.24) is 9.97 Å². The van der Waals surface area contributed by atoms with Gasteiger partial charge in [-0.05, 0) is 75.6 Å². The van der Waals surface area contributed by atoms with Crippen molar-refractivity contribution in [2.24, 2.45) is 0 Å². The van der Waals surface area contributed by atoms with Gasteiger partial charge in [0, 0.05) is 32.1 Å². The summed E-state index contributed by atoms with van der Waals surface area (Å²) in [6.07, 6.45) is 11.1. The second-order valence-corrected chi connectivity index (χ2v) is 13.5. The fourth-order valence-corrected chi connectivity index (χ4v) is 6.15. The van der Waals surface area contributed by atoms with Crippen LogP contribution in [0.2, 0.25) is 0 Å². The lowest BCUT2D eigenvalue weighted by Gasteiger charge is -2.33. The predicted octanol–water partition coefficient (Wildman–Crippen LogP) is 11.5. The molecule has 10 heteroatoms. The molecule has 2 aromatic carbocycles. The van der Waals surface area contributed by atoms with Crippen LogP contribution in [-0.2, 0) is 11.0 Å². The largest absolute Gasteiger partial charge is 0.436 e. The molecule has 4 heterocycles. The molecule has 54 heavy (non-hydrogen) atoms. The number of nitrogens with zero attached hydrogens (tertiary/aromatic N) is 4. The molecule has 2 aliphatic rings.